The minimum atomic E-state index is -0.174. The summed E-state index contributed by atoms with van der Waals surface area (Å²) in [5, 5.41) is 0.668. The Labute approximate surface area is 144 Å². The summed E-state index contributed by atoms with van der Waals surface area (Å²) >= 11 is 1.49. The quantitative estimate of drug-likeness (QED) is 0.738. The van der Waals surface area contributed by atoms with Crippen molar-refractivity contribution >= 4 is 32.6 Å². The van der Waals surface area contributed by atoms with Crippen LogP contribution in [0, 0.1) is 0 Å². The van der Waals surface area contributed by atoms with E-state index in [0.717, 1.165) is 22.5 Å². The molecule has 0 radical (unpaired) electrons. The number of likely N-dealkylation sites (N-methyl/N-ethyl adjacent to an activating group) is 1. The molecule has 1 amide bonds. The van der Waals surface area contributed by atoms with Crippen molar-refractivity contribution in [2.75, 3.05) is 39.2 Å². The molecule has 0 saturated heterocycles. The van der Waals surface area contributed by atoms with Crippen LogP contribution in [-0.2, 0) is 0 Å². The number of fused-ring (bicyclic) bond motifs is 1. The van der Waals surface area contributed by atoms with Crippen molar-refractivity contribution in [2.45, 2.75) is 0 Å². The number of carbonyl (C=O) groups excluding carboxylic acids is 1. The van der Waals surface area contributed by atoms with Crippen molar-refractivity contribution in [3.63, 3.8) is 0 Å². The first-order valence-corrected chi connectivity index (χ1v) is 8.49. The highest BCUT2D eigenvalue weighted by Crippen LogP contribution is 2.31. The zero-order valence-corrected chi connectivity index (χ0v) is 14.7. The lowest BCUT2D eigenvalue weighted by atomic mass is 10.3. The van der Waals surface area contributed by atoms with Crippen LogP contribution in [0.4, 0.5) is 5.13 Å². The van der Waals surface area contributed by atoms with Crippen LogP contribution < -0.4 is 14.5 Å². The number of amides is 1. The maximum atomic E-state index is 12.8. The van der Waals surface area contributed by atoms with E-state index in [2.05, 4.69) is 19.1 Å². The molecule has 2 heterocycles. The highest BCUT2D eigenvalue weighted by atomic mass is 32.1. The van der Waals surface area contributed by atoms with Crippen molar-refractivity contribution < 1.29 is 18.8 Å². The van der Waals surface area contributed by atoms with Gasteiger partial charge in [-0.25, -0.2) is 4.98 Å². The molecule has 6 nitrogen and oxygen atoms in total. The molecular weight excluding hydrogens is 326 g/mol. The summed E-state index contributed by atoms with van der Waals surface area (Å²) in [5.41, 5.74) is 0.823. The Kier molecular flexibility index (Phi) is 4.82. The molecular formula is C17H20N3O3S+. The predicted octanol–water partition coefficient (Wildman–Crippen LogP) is 1.69. The maximum Gasteiger partial charge on any atom is 0.295 e. The van der Waals surface area contributed by atoms with Crippen LogP contribution in [0.5, 0.6) is 5.75 Å². The number of furan rings is 1. The number of aromatic nitrogens is 1. The monoisotopic (exact) mass is 346 g/mol. The summed E-state index contributed by atoms with van der Waals surface area (Å²) in [6.45, 7) is 1.38. The summed E-state index contributed by atoms with van der Waals surface area (Å²) in [7, 11) is 5.73. The van der Waals surface area contributed by atoms with E-state index >= 15 is 0 Å². The standard InChI is InChI=1S/C17H19N3O3S/c1-19(2)8-9-20(16(21)14-5-4-10-23-14)17-18-13-11-12(22-3)6-7-15(13)24-17/h4-7,10-11H,8-9H2,1-3H3/p+1. The average Bonchev–Trinajstić information content (AvgIpc) is 3.23. The smallest absolute Gasteiger partial charge is 0.295 e. The largest absolute Gasteiger partial charge is 0.497 e. The second-order valence-corrected chi connectivity index (χ2v) is 6.73. The Morgan fingerprint density at radius 2 is 2.21 bits per heavy atom. The zero-order chi connectivity index (χ0) is 17.1. The van der Waals surface area contributed by atoms with E-state index < -0.39 is 0 Å². The second-order valence-electron chi connectivity index (χ2n) is 5.72. The summed E-state index contributed by atoms with van der Waals surface area (Å²) in [6.07, 6.45) is 1.51. The topological polar surface area (TPSA) is 60.0 Å². The van der Waals surface area contributed by atoms with Crippen LogP contribution in [0.2, 0.25) is 0 Å². The summed E-state index contributed by atoms with van der Waals surface area (Å²) in [5.74, 6) is 0.897. The van der Waals surface area contributed by atoms with Gasteiger partial charge in [0.2, 0.25) is 0 Å². The van der Waals surface area contributed by atoms with Gasteiger partial charge in [0, 0.05) is 6.07 Å². The number of benzene rings is 1. The van der Waals surface area contributed by atoms with Gasteiger partial charge in [0.15, 0.2) is 10.9 Å². The number of thiazole rings is 1. The van der Waals surface area contributed by atoms with Gasteiger partial charge in [-0.05, 0) is 24.3 Å². The molecule has 0 aliphatic carbocycles. The number of methoxy groups -OCH3 is 1. The van der Waals surface area contributed by atoms with Crippen LogP contribution in [-0.4, -0.2) is 45.2 Å². The number of hydrogen-bond donors (Lipinski definition) is 1. The average molecular weight is 346 g/mol. The molecule has 126 valence electrons. The first-order valence-electron chi connectivity index (χ1n) is 7.67. The summed E-state index contributed by atoms with van der Waals surface area (Å²) in [4.78, 5) is 20.3. The Balaban J connectivity index is 1.96. The highest BCUT2D eigenvalue weighted by Gasteiger charge is 2.24. The second kappa shape index (κ2) is 7.02. The van der Waals surface area contributed by atoms with E-state index in [-0.39, 0.29) is 5.91 Å². The minimum absolute atomic E-state index is 0.174. The van der Waals surface area contributed by atoms with Gasteiger partial charge in [-0.3, -0.25) is 9.69 Å². The van der Waals surface area contributed by atoms with E-state index in [1.807, 2.05) is 18.2 Å². The van der Waals surface area contributed by atoms with E-state index in [4.69, 9.17) is 9.15 Å². The van der Waals surface area contributed by atoms with E-state index in [1.165, 1.54) is 22.5 Å². The van der Waals surface area contributed by atoms with Crippen molar-refractivity contribution in [2.24, 2.45) is 0 Å². The molecule has 0 saturated carbocycles. The fourth-order valence-electron chi connectivity index (χ4n) is 2.29. The number of anilines is 1. The Bertz CT molecular complexity index is 827. The number of rotatable bonds is 6. The lowest BCUT2D eigenvalue weighted by Crippen LogP contribution is -3.06. The number of hydrogen-bond acceptors (Lipinski definition) is 5. The molecule has 0 fully saturated rings. The molecule has 0 spiro atoms. The first-order chi connectivity index (χ1) is 11.6. The van der Waals surface area contributed by atoms with E-state index in [9.17, 15) is 4.79 Å². The number of nitrogens with one attached hydrogen (secondary N) is 1. The summed E-state index contributed by atoms with van der Waals surface area (Å²) in [6, 6.07) is 9.12. The lowest BCUT2D eigenvalue weighted by Gasteiger charge is -2.19. The Morgan fingerprint density at radius 3 is 2.88 bits per heavy atom. The fraction of sp³-hybridized carbons (Fsp3) is 0.294. The Morgan fingerprint density at radius 1 is 1.38 bits per heavy atom. The first kappa shape index (κ1) is 16.5. The fourth-order valence-corrected chi connectivity index (χ4v) is 3.26. The van der Waals surface area contributed by atoms with Crippen molar-refractivity contribution in [1.29, 1.82) is 0 Å². The van der Waals surface area contributed by atoms with Crippen molar-refractivity contribution in [1.82, 2.24) is 4.98 Å². The van der Waals surface area contributed by atoms with Crippen molar-refractivity contribution in [3.05, 3.63) is 42.4 Å². The Hall–Kier alpha value is -2.38. The number of quaternary nitrogens is 1. The van der Waals surface area contributed by atoms with Gasteiger partial charge in [-0.15, -0.1) is 0 Å². The van der Waals surface area contributed by atoms with E-state index in [0.29, 0.717) is 17.4 Å². The van der Waals surface area contributed by atoms with Crippen LogP contribution in [0.1, 0.15) is 10.6 Å². The number of nitrogens with zero attached hydrogens (tertiary/aromatic N) is 2. The molecule has 3 aromatic rings. The number of ether oxygens (including phenoxy) is 1. The number of carbonyl (C=O) groups is 1. The van der Waals surface area contributed by atoms with Crippen LogP contribution in [0.15, 0.2) is 41.0 Å². The van der Waals surface area contributed by atoms with E-state index in [1.54, 1.807) is 24.1 Å². The molecule has 0 bridgehead atoms. The molecule has 1 aromatic carbocycles. The molecule has 2 aromatic heterocycles. The molecule has 3 rings (SSSR count). The third-order valence-electron chi connectivity index (χ3n) is 3.63. The minimum Gasteiger partial charge on any atom is -0.497 e. The normalized spacial score (nSPS) is 11.2. The third-order valence-corrected chi connectivity index (χ3v) is 4.69. The molecule has 24 heavy (non-hydrogen) atoms. The van der Waals surface area contributed by atoms with Crippen LogP contribution in [0.3, 0.4) is 0 Å². The third kappa shape index (κ3) is 3.42. The zero-order valence-electron chi connectivity index (χ0n) is 13.9. The van der Waals surface area contributed by atoms with Crippen LogP contribution in [0.25, 0.3) is 10.2 Å². The van der Waals surface area contributed by atoms with Gasteiger partial charge in [-0.2, -0.15) is 0 Å². The van der Waals surface area contributed by atoms with Crippen LogP contribution >= 0.6 is 11.3 Å². The summed E-state index contributed by atoms with van der Waals surface area (Å²) < 4.78 is 11.5. The maximum absolute atomic E-state index is 12.8. The molecule has 0 atom stereocenters. The van der Waals surface area contributed by atoms with Gasteiger partial charge >= 0.3 is 0 Å². The van der Waals surface area contributed by atoms with Gasteiger partial charge in [0.25, 0.3) is 5.91 Å². The van der Waals surface area contributed by atoms with Crippen molar-refractivity contribution in [3.8, 4) is 5.75 Å². The molecule has 7 heteroatoms. The predicted molar refractivity (Wildman–Crippen MR) is 94.2 cm³/mol. The molecule has 0 unspecified atom stereocenters. The molecule has 1 N–H and O–H groups in total. The molecule has 0 aliphatic rings. The van der Waals surface area contributed by atoms with Gasteiger partial charge < -0.3 is 14.1 Å². The molecule has 0 aliphatic heterocycles. The van der Waals surface area contributed by atoms with Gasteiger partial charge in [-0.1, -0.05) is 11.3 Å². The highest BCUT2D eigenvalue weighted by molar-refractivity contribution is 7.22. The van der Waals surface area contributed by atoms with Gasteiger partial charge in [0.1, 0.15) is 5.75 Å². The van der Waals surface area contributed by atoms with Gasteiger partial charge in [0.05, 0.1) is 50.8 Å². The SMILES string of the molecule is COc1ccc2sc(N(CC[NH+](C)C)C(=O)c3ccco3)nc2c1. The lowest BCUT2D eigenvalue weighted by molar-refractivity contribution is -0.856.